The number of carbonyl (C=O) groups excluding carboxylic acids is 1. The van der Waals surface area contributed by atoms with Crippen LogP contribution in [0.5, 0.6) is 5.75 Å². The Morgan fingerprint density at radius 3 is 2.76 bits per heavy atom. The van der Waals surface area contributed by atoms with Gasteiger partial charge in [-0.05, 0) is 41.1 Å². The van der Waals surface area contributed by atoms with Gasteiger partial charge in [0, 0.05) is 9.35 Å². The predicted octanol–water partition coefficient (Wildman–Crippen LogP) is 3.53. The molecule has 0 saturated carbocycles. The Hall–Kier alpha value is -1.86. The molecule has 0 aliphatic rings. The number of benzene rings is 1. The van der Waals surface area contributed by atoms with E-state index < -0.39 is 5.97 Å². The normalized spacial score (nSPS) is 10.2. The highest BCUT2D eigenvalue weighted by molar-refractivity contribution is 9.10. The molecule has 2 N–H and O–H groups in total. The highest BCUT2D eigenvalue weighted by atomic mass is 79.9. The third-order valence-corrected chi connectivity index (χ3v) is 4.23. The van der Waals surface area contributed by atoms with Gasteiger partial charge in [0.05, 0.1) is 5.69 Å². The lowest BCUT2D eigenvalue weighted by Gasteiger charge is -2.08. The minimum Gasteiger partial charge on any atom is -0.482 e. The van der Waals surface area contributed by atoms with Crippen molar-refractivity contribution in [2.45, 2.75) is 6.92 Å². The lowest BCUT2D eigenvalue weighted by atomic mass is 10.3. The third kappa shape index (κ3) is 4.05. The number of rotatable bonds is 5. The number of halogens is 1. The van der Waals surface area contributed by atoms with Crippen LogP contribution in [0.4, 0.5) is 5.69 Å². The number of anilines is 1. The monoisotopic (exact) mass is 369 g/mol. The number of hydrogen-bond acceptors (Lipinski definition) is 4. The fraction of sp³-hybridized carbons (Fsp3) is 0.143. The quantitative estimate of drug-likeness (QED) is 0.844. The van der Waals surface area contributed by atoms with Crippen molar-refractivity contribution >= 4 is 44.8 Å². The van der Waals surface area contributed by atoms with Crippen molar-refractivity contribution in [2.75, 3.05) is 11.9 Å². The van der Waals surface area contributed by atoms with E-state index in [0.29, 0.717) is 5.69 Å². The van der Waals surface area contributed by atoms with E-state index in [4.69, 9.17) is 9.84 Å². The Morgan fingerprint density at radius 1 is 1.38 bits per heavy atom. The highest BCUT2D eigenvalue weighted by Gasteiger charge is 2.16. The van der Waals surface area contributed by atoms with E-state index in [1.54, 1.807) is 31.2 Å². The number of thiophene rings is 1. The van der Waals surface area contributed by atoms with E-state index in [2.05, 4.69) is 21.2 Å². The molecule has 2 rings (SSSR count). The van der Waals surface area contributed by atoms with Crippen LogP contribution in [0.25, 0.3) is 0 Å². The number of aryl methyl sites for hydroxylation is 1. The molecule has 21 heavy (non-hydrogen) atoms. The Balaban J connectivity index is 1.99. The molecule has 0 atom stereocenters. The summed E-state index contributed by atoms with van der Waals surface area (Å²) in [4.78, 5) is 23.8. The number of hydrogen-bond donors (Lipinski definition) is 2. The number of ether oxygens (including phenoxy) is 1. The molecule has 0 fully saturated rings. The first-order valence-electron chi connectivity index (χ1n) is 5.98. The summed E-state index contributed by atoms with van der Waals surface area (Å²) in [6, 6.07) is 8.80. The lowest BCUT2D eigenvalue weighted by molar-refractivity contribution is -0.118. The number of carboxylic acids is 1. The maximum Gasteiger partial charge on any atom is 0.349 e. The van der Waals surface area contributed by atoms with Gasteiger partial charge in [0.2, 0.25) is 0 Å². The Morgan fingerprint density at radius 2 is 2.10 bits per heavy atom. The van der Waals surface area contributed by atoms with Crippen molar-refractivity contribution in [3.8, 4) is 5.75 Å². The molecule has 110 valence electrons. The Kier molecular flexibility index (Phi) is 4.98. The van der Waals surface area contributed by atoms with Crippen LogP contribution in [-0.2, 0) is 4.79 Å². The van der Waals surface area contributed by atoms with Crippen molar-refractivity contribution < 1.29 is 19.4 Å². The predicted molar refractivity (Wildman–Crippen MR) is 84.3 cm³/mol. The molecule has 0 radical (unpaired) electrons. The summed E-state index contributed by atoms with van der Waals surface area (Å²) in [6.45, 7) is 1.53. The number of carbonyl (C=O) groups is 2. The molecule has 0 unspecified atom stereocenters. The van der Waals surface area contributed by atoms with Gasteiger partial charge in [0.15, 0.2) is 11.5 Å². The second kappa shape index (κ2) is 6.73. The molecular weight excluding hydrogens is 358 g/mol. The summed E-state index contributed by atoms with van der Waals surface area (Å²) in [5.41, 5.74) is 0.631. The third-order valence-electron chi connectivity index (χ3n) is 2.52. The fourth-order valence-corrected chi connectivity index (χ4v) is 2.82. The zero-order valence-corrected chi connectivity index (χ0v) is 13.5. The van der Waals surface area contributed by atoms with Crippen molar-refractivity contribution in [3.05, 3.63) is 44.6 Å². The van der Waals surface area contributed by atoms with Crippen LogP contribution in [0.15, 0.2) is 34.8 Å². The van der Waals surface area contributed by atoms with Crippen molar-refractivity contribution in [1.29, 1.82) is 0 Å². The fourth-order valence-electron chi connectivity index (χ4n) is 1.64. The zero-order chi connectivity index (χ0) is 15.4. The summed E-state index contributed by atoms with van der Waals surface area (Å²) in [5.74, 6) is -1.20. The lowest BCUT2D eigenvalue weighted by Crippen LogP contribution is -2.20. The first kappa shape index (κ1) is 15.5. The first-order chi connectivity index (χ1) is 9.97. The first-order valence-corrected chi connectivity index (χ1v) is 7.59. The number of nitrogens with one attached hydrogen (secondary N) is 1. The minimum atomic E-state index is -1.06. The van der Waals surface area contributed by atoms with Gasteiger partial charge in [-0.1, -0.05) is 12.1 Å². The summed E-state index contributed by atoms with van der Waals surface area (Å²) < 4.78 is 6.06. The number of carboxylic acid groups (broad SMARTS) is 1. The summed E-state index contributed by atoms with van der Waals surface area (Å²) in [6.07, 6.45) is 0. The van der Waals surface area contributed by atoms with E-state index in [0.717, 1.165) is 20.7 Å². The van der Waals surface area contributed by atoms with Gasteiger partial charge in [0.1, 0.15) is 5.75 Å². The molecule has 5 nitrogen and oxygen atoms in total. The van der Waals surface area contributed by atoms with Crippen LogP contribution in [0, 0.1) is 6.92 Å². The second-order valence-electron chi connectivity index (χ2n) is 4.17. The minimum absolute atomic E-state index is 0.0983. The molecule has 1 aromatic carbocycles. The molecule has 7 heteroatoms. The van der Waals surface area contributed by atoms with Crippen LogP contribution in [-0.4, -0.2) is 23.6 Å². The molecule has 1 amide bonds. The molecule has 0 aliphatic carbocycles. The molecule has 0 bridgehead atoms. The van der Waals surface area contributed by atoms with E-state index in [9.17, 15) is 9.59 Å². The number of amides is 1. The van der Waals surface area contributed by atoms with Gasteiger partial charge in [-0.25, -0.2) is 4.79 Å². The van der Waals surface area contributed by atoms with Crippen molar-refractivity contribution in [1.82, 2.24) is 0 Å². The van der Waals surface area contributed by atoms with Crippen LogP contribution in [0.3, 0.4) is 0 Å². The van der Waals surface area contributed by atoms with Crippen LogP contribution in [0.2, 0.25) is 0 Å². The highest BCUT2D eigenvalue weighted by Crippen LogP contribution is 2.29. The van der Waals surface area contributed by atoms with Crippen LogP contribution >= 0.6 is 27.3 Å². The van der Waals surface area contributed by atoms with Crippen molar-refractivity contribution in [2.24, 2.45) is 0 Å². The van der Waals surface area contributed by atoms with Gasteiger partial charge >= 0.3 is 5.97 Å². The van der Waals surface area contributed by atoms with Crippen LogP contribution in [0.1, 0.15) is 14.5 Å². The molecule has 1 aromatic heterocycles. The molecule has 0 spiro atoms. The Labute approximate surface area is 133 Å². The summed E-state index contributed by atoms with van der Waals surface area (Å²) in [7, 11) is 0. The molecule has 2 aromatic rings. The second-order valence-corrected chi connectivity index (χ2v) is 6.28. The van der Waals surface area contributed by atoms with Crippen molar-refractivity contribution in [3.63, 3.8) is 0 Å². The van der Waals surface area contributed by atoms with E-state index in [1.165, 1.54) is 0 Å². The van der Waals surface area contributed by atoms with Gasteiger partial charge in [0.25, 0.3) is 5.91 Å². The standard InChI is InChI=1S/C14H12BrNO4S/c1-8-6-11(13(21-8)14(18)19)20-7-12(17)16-10-5-3-2-4-9(10)15/h2-6H,7H2,1H3,(H,16,17)(H,18,19). The largest absolute Gasteiger partial charge is 0.482 e. The van der Waals surface area contributed by atoms with Gasteiger partial charge in [-0.15, -0.1) is 11.3 Å². The molecular formula is C14H12BrNO4S. The van der Waals surface area contributed by atoms with E-state index >= 15 is 0 Å². The Bertz CT molecular complexity index is 683. The maximum absolute atomic E-state index is 11.8. The van der Waals surface area contributed by atoms with Gasteiger partial charge in [-0.2, -0.15) is 0 Å². The van der Waals surface area contributed by atoms with Gasteiger partial charge < -0.3 is 15.2 Å². The summed E-state index contributed by atoms with van der Waals surface area (Å²) in [5, 5.41) is 11.7. The molecule has 1 heterocycles. The average Bonchev–Trinajstić information content (AvgIpc) is 2.80. The topological polar surface area (TPSA) is 75.6 Å². The zero-order valence-electron chi connectivity index (χ0n) is 11.1. The molecule has 0 aliphatic heterocycles. The number of aromatic carboxylic acids is 1. The van der Waals surface area contributed by atoms with Crippen LogP contribution < -0.4 is 10.1 Å². The SMILES string of the molecule is Cc1cc(OCC(=O)Nc2ccccc2Br)c(C(=O)O)s1. The smallest absolute Gasteiger partial charge is 0.349 e. The maximum atomic E-state index is 11.8. The average molecular weight is 370 g/mol. The number of para-hydroxylation sites is 1. The van der Waals surface area contributed by atoms with E-state index in [1.807, 2.05) is 6.07 Å². The summed E-state index contributed by atoms with van der Waals surface area (Å²) >= 11 is 4.44. The van der Waals surface area contributed by atoms with Gasteiger partial charge in [-0.3, -0.25) is 4.79 Å². The van der Waals surface area contributed by atoms with E-state index in [-0.39, 0.29) is 23.1 Å². The molecule has 0 saturated heterocycles.